The number of nitrogens with one attached hydrogen (secondary N) is 1. The molecule has 1 saturated heterocycles. The fraction of sp³-hybridized carbons (Fsp3) is 0.583. The van der Waals surface area contributed by atoms with Gasteiger partial charge in [0.05, 0.1) is 5.69 Å². The summed E-state index contributed by atoms with van der Waals surface area (Å²) in [5.74, 6) is -0.363. The predicted molar refractivity (Wildman–Crippen MR) is 64.2 cm³/mol. The van der Waals surface area contributed by atoms with Gasteiger partial charge in [0.1, 0.15) is 11.9 Å². The average molecular weight is 251 g/mol. The Morgan fingerprint density at radius 1 is 1.61 bits per heavy atom. The zero-order chi connectivity index (χ0) is 12.8. The van der Waals surface area contributed by atoms with E-state index in [0.717, 1.165) is 32.6 Å². The van der Waals surface area contributed by atoms with Gasteiger partial charge >= 0.3 is 5.97 Å². The van der Waals surface area contributed by atoms with Crippen molar-refractivity contribution in [1.29, 1.82) is 0 Å². The van der Waals surface area contributed by atoms with E-state index in [1.54, 1.807) is 0 Å². The van der Waals surface area contributed by atoms with Crippen molar-refractivity contribution in [2.24, 2.45) is 5.92 Å². The fourth-order valence-electron chi connectivity index (χ4n) is 2.00. The van der Waals surface area contributed by atoms with Crippen molar-refractivity contribution < 1.29 is 14.6 Å². The summed E-state index contributed by atoms with van der Waals surface area (Å²) in [4.78, 5) is 18.7. The van der Waals surface area contributed by atoms with Crippen LogP contribution in [0.15, 0.2) is 12.5 Å². The molecule has 0 bridgehead atoms. The molecule has 2 N–H and O–H groups in total. The normalized spacial score (nSPS) is 19.0. The van der Waals surface area contributed by atoms with E-state index in [2.05, 4.69) is 15.3 Å². The van der Waals surface area contributed by atoms with Crippen LogP contribution >= 0.6 is 0 Å². The van der Waals surface area contributed by atoms with Gasteiger partial charge in [0.2, 0.25) is 0 Å². The summed E-state index contributed by atoms with van der Waals surface area (Å²) >= 11 is 0. The molecule has 98 valence electrons. The van der Waals surface area contributed by atoms with Gasteiger partial charge in [0.25, 0.3) is 0 Å². The van der Waals surface area contributed by atoms with Crippen LogP contribution in [0.3, 0.4) is 0 Å². The van der Waals surface area contributed by atoms with Crippen LogP contribution in [-0.4, -0.2) is 40.8 Å². The topological polar surface area (TPSA) is 84.3 Å². The number of ether oxygens (including phenoxy) is 1. The van der Waals surface area contributed by atoms with Crippen LogP contribution in [0.25, 0.3) is 0 Å². The molecule has 0 aliphatic carbocycles. The van der Waals surface area contributed by atoms with Crippen LogP contribution in [0.5, 0.6) is 0 Å². The van der Waals surface area contributed by atoms with Gasteiger partial charge < -0.3 is 15.2 Å². The quantitative estimate of drug-likeness (QED) is 0.724. The molecule has 6 heteroatoms. The Balaban J connectivity index is 1.77. The first-order chi connectivity index (χ1) is 8.77. The SMILES string of the molecule is O=C(O)c1cncnc1CNCCC1CCOC1. The molecular formula is C12H17N3O3. The Kier molecular flexibility index (Phi) is 4.60. The van der Waals surface area contributed by atoms with E-state index in [9.17, 15) is 4.79 Å². The highest BCUT2D eigenvalue weighted by atomic mass is 16.5. The molecule has 2 rings (SSSR count). The second-order valence-corrected chi connectivity index (χ2v) is 4.38. The highest BCUT2D eigenvalue weighted by Crippen LogP contribution is 2.15. The predicted octanol–water partition coefficient (Wildman–Crippen LogP) is 0.691. The lowest BCUT2D eigenvalue weighted by molar-refractivity contribution is 0.0694. The van der Waals surface area contributed by atoms with E-state index in [4.69, 9.17) is 9.84 Å². The maximum absolute atomic E-state index is 10.9. The van der Waals surface area contributed by atoms with Crippen molar-refractivity contribution in [1.82, 2.24) is 15.3 Å². The van der Waals surface area contributed by atoms with E-state index in [1.165, 1.54) is 12.5 Å². The summed E-state index contributed by atoms with van der Waals surface area (Å²) in [5, 5.41) is 12.2. The number of carboxylic acid groups (broad SMARTS) is 1. The van der Waals surface area contributed by atoms with Gasteiger partial charge in [-0.2, -0.15) is 0 Å². The van der Waals surface area contributed by atoms with Crippen molar-refractivity contribution in [3.8, 4) is 0 Å². The van der Waals surface area contributed by atoms with Crippen molar-refractivity contribution in [3.63, 3.8) is 0 Å². The lowest BCUT2D eigenvalue weighted by Gasteiger charge is -2.09. The number of carboxylic acids is 1. The first kappa shape index (κ1) is 12.9. The number of nitrogens with zero attached hydrogens (tertiary/aromatic N) is 2. The fourth-order valence-corrected chi connectivity index (χ4v) is 2.00. The third kappa shape index (κ3) is 3.48. The molecule has 6 nitrogen and oxygen atoms in total. The van der Waals surface area contributed by atoms with E-state index in [0.29, 0.717) is 18.2 Å². The first-order valence-corrected chi connectivity index (χ1v) is 6.08. The summed E-state index contributed by atoms with van der Waals surface area (Å²) in [7, 11) is 0. The molecule has 1 aliphatic rings. The number of hydrogen-bond acceptors (Lipinski definition) is 5. The summed E-state index contributed by atoms with van der Waals surface area (Å²) < 4.78 is 5.30. The lowest BCUT2D eigenvalue weighted by Crippen LogP contribution is -2.20. The highest BCUT2D eigenvalue weighted by Gasteiger charge is 2.15. The van der Waals surface area contributed by atoms with Crippen molar-refractivity contribution in [2.45, 2.75) is 19.4 Å². The second-order valence-electron chi connectivity index (χ2n) is 4.38. The van der Waals surface area contributed by atoms with Gasteiger partial charge in [-0.25, -0.2) is 14.8 Å². The third-order valence-corrected chi connectivity index (χ3v) is 3.07. The van der Waals surface area contributed by atoms with Crippen LogP contribution in [0.4, 0.5) is 0 Å². The molecule has 0 amide bonds. The Morgan fingerprint density at radius 2 is 2.50 bits per heavy atom. The maximum atomic E-state index is 10.9. The molecular weight excluding hydrogens is 234 g/mol. The molecule has 18 heavy (non-hydrogen) atoms. The standard InChI is InChI=1S/C12H17N3O3/c16-12(17)10-5-14-8-15-11(10)6-13-3-1-9-2-4-18-7-9/h5,8-9,13H,1-4,6-7H2,(H,16,17). The molecule has 1 atom stereocenters. The molecule has 0 saturated carbocycles. The Morgan fingerprint density at radius 3 is 3.22 bits per heavy atom. The number of rotatable bonds is 6. The molecule has 1 aromatic rings. The van der Waals surface area contributed by atoms with Gasteiger partial charge in [-0.3, -0.25) is 0 Å². The third-order valence-electron chi connectivity index (χ3n) is 3.07. The van der Waals surface area contributed by atoms with Crippen LogP contribution in [0, 0.1) is 5.92 Å². The first-order valence-electron chi connectivity index (χ1n) is 6.08. The number of aromatic carboxylic acids is 1. The average Bonchev–Trinajstić information content (AvgIpc) is 2.88. The van der Waals surface area contributed by atoms with Crippen LogP contribution in [0.2, 0.25) is 0 Å². The monoisotopic (exact) mass is 251 g/mol. The van der Waals surface area contributed by atoms with Gasteiger partial charge in [-0.15, -0.1) is 0 Å². The molecule has 0 radical (unpaired) electrons. The maximum Gasteiger partial charge on any atom is 0.339 e. The summed E-state index contributed by atoms with van der Waals surface area (Å²) in [6.07, 6.45) is 4.87. The molecule has 1 aliphatic heterocycles. The second kappa shape index (κ2) is 6.42. The Hall–Kier alpha value is -1.53. The van der Waals surface area contributed by atoms with E-state index in [1.807, 2.05) is 0 Å². The van der Waals surface area contributed by atoms with Crippen LogP contribution in [-0.2, 0) is 11.3 Å². The van der Waals surface area contributed by atoms with Crippen molar-refractivity contribution >= 4 is 5.97 Å². The molecule has 0 spiro atoms. The lowest BCUT2D eigenvalue weighted by atomic mass is 10.1. The van der Waals surface area contributed by atoms with Crippen molar-refractivity contribution in [3.05, 3.63) is 23.8 Å². The number of carbonyl (C=O) groups is 1. The van der Waals surface area contributed by atoms with E-state index < -0.39 is 5.97 Å². The Labute approximate surface area is 105 Å². The smallest absolute Gasteiger partial charge is 0.339 e. The van der Waals surface area contributed by atoms with Gasteiger partial charge in [0.15, 0.2) is 0 Å². The molecule has 1 unspecified atom stereocenters. The van der Waals surface area contributed by atoms with Crippen LogP contribution in [0.1, 0.15) is 28.9 Å². The molecule has 0 aromatic carbocycles. The van der Waals surface area contributed by atoms with E-state index in [-0.39, 0.29) is 5.56 Å². The highest BCUT2D eigenvalue weighted by molar-refractivity contribution is 5.88. The Bertz CT molecular complexity index is 405. The number of aromatic nitrogens is 2. The molecule has 2 heterocycles. The van der Waals surface area contributed by atoms with E-state index >= 15 is 0 Å². The van der Waals surface area contributed by atoms with Gasteiger partial charge in [-0.05, 0) is 25.3 Å². The largest absolute Gasteiger partial charge is 0.478 e. The van der Waals surface area contributed by atoms with Crippen LogP contribution < -0.4 is 5.32 Å². The summed E-state index contributed by atoms with van der Waals surface area (Å²) in [5.41, 5.74) is 0.689. The molecule has 1 fully saturated rings. The summed E-state index contributed by atoms with van der Waals surface area (Å²) in [6, 6.07) is 0. The number of hydrogen-bond donors (Lipinski definition) is 2. The van der Waals surface area contributed by atoms with Gasteiger partial charge in [0, 0.05) is 26.0 Å². The zero-order valence-corrected chi connectivity index (χ0v) is 10.1. The minimum atomic E-state index is -0.989. The summed E-state index contributed by atoms with van der Waals surface area (Å²) in [6.45, 7) is 3.00. The minimum absolute atomic E-state index is 0.161. The zero-order valence-electron chi connectivity index (χ0n) is 10.1. The van der Waals surface area contributed by atoms with Gasteiger partial charge in [-0.1, -0.05) is 0 Å². The minimum Gasteiger partial charge on any atom is -0.478 e. The molecule has 1 aromatic heterocycles. The van der Waals surface area contributed by atoms with Crippen molar-refractivity contribution in [2.75, 3.05) is 19.8 Å².